The Balaban J connectivity index is 2.54. The van der Waals surface area contributed by atoms with Crippen LogP contribution < -0.4 is 4.74 Å². The number of carbonyl (C=O) groups excluding carboxylic acids is 1. The molecule has 108 valence electrons. The van der Waals surface area contributed by atoms with Crippen molar-refractivity contribution in [3.05, 3.63) is 35.4 Å². The first kappa shape index (κ1) is 17.3. The van der Waals surface area contributed by atoms with Crippen LogP contribution in [0.2, 0.25) is 0 Å². The molecule has 1 rings (SSSR count). The molecule has 0 aliphatic carbocycles. The second-order valence-electron chi connectivity index (χ2n) is 4.27. The first-order valence-corrected chi connectivity index (χ1v) is 7.76. The lowest BCUT2D eigenvalue weighted by Crippen LogP contribution is -1.84. The summed E-state index contributed by atoms with van der Waals surface area (Å²) in [5.41, 5.74) is 1.43. The van der Waals surface area contributed by atoms with Crippen molar-refractivity contribution < 1.29 is 9.53 Å². The Kier molecular flexibility index (Phi) is 9.08. The molecule has 0 atom stereocenters. The van der Waals surface area contributed by atoms with Gasteiger partial charge in [0.2, 0.25) is 0 Å². The van der Waals surface area contributed by atoms with Crippen molar-refractivity contribution in [1.29, 1.82) is 0 Å². The highest BCUT2D eigenvalue weighted by atomic mass is 127. The van der Waals surface area contributed by atoms with Gasteiger partial charge >= 0.3 is 0 Å². The average molecular weight is 392 g/mol. The third-order valence-electron chi connectivity index (χ3n) is 2.72. The second-order valence-corrected chi connectivity index (χ2v) is 4.81. The maximum absolute atomic E-state index is 11.0. The van der Waals surface area contributed by atoms with Crippen molar-refractivity contribution in [2.75, 3.05) is 7.11 Å². The van der Waals surface area contributed by atoms with Crippen molar-refractivity contribution in [1.82, 2.24) is 0 Å². The van der Waals surface area contributed by atoms with Crippen LogP contribution in [0.5, 0.6) is 5.75 Å². The topological polar surface area (TPSA) is 26.3 Å². The Hall–Kier alpha value is -1.72. The largest absolute Gasteiger partial charge is 0.497 e. The van der Waals surface area contributed by atoms with Gasteiger partial charge in [-0.3, -0.25) is 4.79 Å². The zero-order chi connectivity index (χ0) is 15.3. The van der Waals surface area contributed by atoms with Crippen LogP contribution in [0.3, 0.4) is 0 Å². The highest BCUT2D eigenvalue weighted by molar-refractivity contribution is 14.1. The van der Waals surface area contributed by atoms with E-state index in [0.29, 0.717) is 5.57 Å². The molecule has 0 amide bonds. The molecule has 0 spiro atoms. The number of ether oxygens (including phenoxy) is 1. The number of rotatable bonds is 6. The van der Waals surface area contributed by atoms with Gasteiger partial charge in [-0.25, -0.2) is 0 Å². The summed E-state index contributed by atoms with van der Waals surface area (Å²) >= 11 is 2.04. The number of benzene rings is 1. The fourth-order valence-corrected chi connectivity index (χ4v) is 1.89. The third-order valence-corrected chi connectivity index (χ3v) is 3.10. The Morgan fingerprint density at radius 1 is 1.19 bits per heavy atom. The molecule has 0 aliphatic heterocycles. The van der Waals surface area contributed by atoms with Crippen LogP contribution >= 0.6 is 22.6 Å². The Labute approximate surface area is 140 Å². The van der Waals surface area contributed by atoms with Gasteiger partial charge in [0.05, 0.1) is 12.7 Å². The Morgan fingerprint density at radius 3 is 2.43 bits per heavy atom. The second kappa shape index (κ2) is 11.0. The summed E-state index contributed by atoms with van der Waals surface area (Å²) in [7, 11) is 1.62. The predicted octanol–water partition coefficient (Wildman–Crippen LogP) is 4.24. The highest BCUT2D eigenvalue weighted by Gasteiger charge is 1.94. The number of hydrogen-bond donors (Lipinski definition) is 0. The average Bonchev–Trinajstić information content (AvgIpc) is 2.53. The predicted molar refractivity (Wildman–Crippen MR) is 95.1 cm³/mol. The molecule has 0 radical (unpaired) electrons. The normalized spacial score (nSPS) is 9.90. The summed E-state index contributed by atoms with van der Waals surface area (Å²) in [6.07, 6.45) is 6.32. The summed E-state index contributed by atoms with van der Waals surface area (Å²) in [6, 6.07) is 7.51. The lowest BCUT2D eigenvalue weighted by atomic mass is 10.1. The van der Waals surface area contributed by atoms with Gasteiger partial charge in [0.25, 0.3) is 0 Å². The van der Waals surface area contributed by atoms with Crippen LogP contribution in [-0.2, 0) is 4.79 Å². The first-order valence-electron chi connectivity index (χ1n) is 6.68. The number of halogens is 1. The van der Waals surface area contributed by atoms with E-state index in [9.17, 15) is 4.79 Å². The standard InChI is InChI=1S/C18H17IO2/c1-21-18-11-9-16(10-12-18)14-17(15-20)8-6-4-2-3-5-7-13-19/h9-12,14-15H,2-5H2,1H3/b17-14+. The van der Waals surface area contributed by atoms with Crippen LogP contribution in [0, 0.1) is 21.7 Å². The van der Waals surface area contributed by atoms with Crippen LogP contribution in [0.1, 0.15) is 31.2 Å². The zero-order valence-electron chi connectivity index (χ0n) is 12.0. The van der Waals surface area contributed by atoms with Gasteiger partial charge < -0.3 is 4.74 Å². The lowest BCUT2D eigenvalue weighted by molar-refractivity contribution is -0.104. The van der Waals surface area contributed by atoms with E-state index >= 15 is 0 Å². The summed E-state index contributed by atoms with van der Waals surface area (Å²) < 4.78 is 7.93. The number of methoxy groups -OCH3 is 1. The van der Waals surface area contributed by atoms with Gasteiger partial charge in [0.1, 0.15) is 5.75 Å². The van der Waals surface area contributed by atoms with Crippen molar-refractivity contribution in [3.8, 4) is 27.4 Å². The Morgan fingerprint density at radius 2 is 1.86 bits per heavy atom. The summed E-state index contributed by atoms with van der Waals surface area (Å²) in [5, 5.41) is 0. The smallest absolute Gasteiger partial charge is 0.158 e. The van der Waals surface area contributed by atoms with E-state index in [1.165, 1.54) is 0 Å². The van der Waals surface area contributed by atoms with Crippen molar-refractivity contribution >= 4 is 35.0 Å². The van der Waals surface area contributed by atoms with E-state index in [-0.39, 0.29) is 0 Å². The minimum absolute atomic E-state index is 0.493. The molecule has 0 heterocycles. The van der Waals surface area contributed by atoms with Crippen LogP contribution in [0.15, 0.2) is 29.8 Å². The quantitative estimate of drug-likeness (QED) is 0.238. The van der Waals surface area contributed by atoms with Crippen molar-refractivity contribution in [2.24, 2.45) is 0 Å². The number of hydrogen-bond acceptors (Lipinski definition) is 2. The molecule has 21 heavy (non-hydrogen) atoms. The fourth-order valence-electron chi connectivity index (χ4n) is 1.62. The number of carbonyl (C=O) groups is 1. The molecular weight excluding hydrogens is 375 g/mol. The number of aldehydes is 1. The van der Waals surface area contributed by atoms with Crippen LogP contribution in [0.4, 0.5) is 0 Å². The molecule has 0 saturated heterocycles. The molecule has 2 nitrogen and oxygen atoms in total. The monoisotopic (exact) mass is 392 g/mol. The first-order chi connectivity index (χ1) is 10.3. The molecular formula is C18H17IO2. The minimum atomic E-state index is 0.493. The van der Waals surface area contributed by atoms with E-state index in [4.69, 9.17) is 4.74 Å². The molecule has 1 aromatic carbocycles. The van der Waals surface area contributed by atoms with E-state index in [2.05, 4.69) is 21.7 Å². The van der Waals surface area contributed by atoms with Gasteiger partial charge in [-0.05, 0) is 40.5 Å². The van der Waals surface area contributed by atoms with Gasteiger partial charge in [-0.2, -0.15) is 0 Å². The molecule has 0 aromatic heterocycles. The maximum Gasteiger partial charge on any atom is 0.158 e. The molecule has 0 fully saturated rings. The van der Waals surface area contributed by atoms with E-state index < -0.39 is 0 Å². The third kappa shape index (κ3) is 7.58. The summed E-state index contributed by atoms with van der Waals surface area (Å²) in [6.45, 7) is 0. The van der Waals surface area contributed by atoms with Gasteiger partial charge in [-0.15, -0.1) is 0 Å². The number of unbranched alkanes of at least 4 members (excludes halogenated alkanes) is 3. The SMILES string of the molecule is COc1ccc(/C=C(\C#CCCCCC#CI)C=O)cc1. The fraction of sp³-hybridized carbons (Fsp3) is 0.278. The molecule has 0 N–H and O–H groups in total. The molecule has 0 saturated carbocycles. The molecule has 0 unspecified atom stereocenters. The highest BCUT2D eigenvalue weighted by Crippen LogP contribution is 2.13. The molecule has 0 bridgehead atoms. The maximum atomic E-state index is 11.0. The van der Waals surface area contributed by atoms with Gasteiger partial charge in [0, 0.05) is 35.4 Å². The van der Waals surface area contributed by atoms with Gasteiger partial charge in [-0.1, -0.05) is 29.9 Å². The van der Waals surface area contributed by atoms with E-state index in [0.717, 1.165) is 43.3 Å². The zero-order valence-corrected chi connectivity index (χ0v) is 14.1. The molecule has 3 heteroatoms. The minimum Gasteiger partial charge on any atom is -0.497 e. The molecule has 0 aliphatic rings. The Bertz CT molecular complexity index is 592. The number of allylic oxidation sites excluding steroid dienone is 1. The van der Waals surface area contributed by atoms with E-state index in [1.807, 2.05) is 46.9 Å². The van der Waals surface area contributed by atoms with Crippen LogP contribution in [0.25, 0.3) is 6.08 Å². The van der Waals surface area contributed by atoms with Gasteiger partial charge in [0.15, 0.2) is 6.29 Å². The summed E-state index contributed by atoms with van der Waals surface area (Å²) in [5.74, 6) is 9.75. The van der Waals surface area contributed by atoms with Crippen molar-refractivity contribution in [2.45, 2.75) is 25.7 Å². The van der Waals surface area contributed by atoms with Crippen molar-refractivity contribution in [3.63, 3.8) is 0 Å². The lowest BCUT2D eigenvalue weighted by Gasteiger charge is -1.99. The molecule has 1 aromatic rings. The van der Waals surface area contributed by atoms with E-state index in [1.54, 1.807) is 13.2 Å². The van der Waals surface area contributed by atoms with Crippen LogP contribution in [-0.4, -0.2) is 13.4 Å². The summed E-state index contributed by atoms with van der Waals surface area (Å²) in [4.78, 5) is 11.0.